The summed E-state index contributed by atoms with van der Waals surface area (Å²) in [6.45, 7) is 0. The zero-order chi connectivity index (χ0) is 15.8. The Morgan fingerprint density at radius 2 is 1.96 bits per heavy atom. The molecule has 4 rings (SSSR count). The summed E-state index contributed by atoms with van der Waals surface area (Å²) in [6.07, 6.45) is 7.42. The monoisotopic (exact) mass is 312 g/mol. The van der Waals surface area contributed by atoms with Crippen LogP contribution in [0.1, 0.15) is 50.0 Å². The predicted molar refractivity (Wildman–Crippen MR) is 88.1 cm³/mol. The molecule has 0 aromatic heterocycles. The number of ketones is 1. The molecule has 3 unspecified atom stereocenters. The lowest BCUT2D eigenvalue weighted by Crippen LogP contribution is -2.41. The van der Waals surface area contributed by atoms with Gasteiger partial charge in [-0.1, -0.05) is 31.0 Å². The maximum absolute atomic E-state index is 14.1. The number of allylic oxidation sites excluding steroid dienone is 2. The average Bonchev–Trinajstić information content (AvgIpc) is 2.74. The fourth-order valence-corrected chi connectivity index (χ4v) is 4.10. The first kappa shape index (κ1) is 14.6. The van der Waals surface area contributed by atoms with Gasteiger partial charge in [0.05, 0.1) is 11.6 Å². The van der Waals surface area contributed by atoms with Crippen LogP contribution in [0.3, 0.4) is 0 Å². The molecule has 3 nitrogen and oxygen atoms in total. The Bertz CT molecular complexity index is 694. The summed E-state index contributed by atoms with van der Waals surface area (Å²) in [5.74, 6) is -0.218. The summed E-state index contributed by atoms with van der Waals surface area (Å²) in [4.78, 5) is 17.2. The molecule has 0 bridgehead atoms. The lowest BCUT2D eigenvalue weighted by molar-refractivity contribution is -0.115. The van der Waals surface area contributed by atoms with E-state index >= 15 is 0 Å². The zero-order valence-electron chi connectivity index (χ0n) is 13.1. The van der Waals surface area contributed by atoms with Crippen molar-refractivity contribution in [2.75, 3.05) is 0 Å². The Morgan fingerprint density at radius 3 is 2.83 bits per heavy atom. The van der Waals surface area contributed by atoms with Gasteiger partial charge in [-0.3, -0.25) is 9.79 Å². The Labute approximate surface area is 135 Å². The molecule has 1 fully saturated rings. The highest BCUT2D eigenvalue weighted by Gasteiger charge is 2.34. The maximum Gasteiger partial charge on any atom is 0.166 e. The highest BCUT2D eigenvalue weighted by molar-refractivity contribution is 6.15. The van der Waals surface area contributed by atoms with Crippen molar-refractivity contribution in [3.8, 4) is 0 Å². The summed E-state index contributed by atoms with van der Waals surface area (Å²) in [5, 5.41) is 3.58. The average molecular weight is 312 g/mol. The van der Waals surface area contributed by atoms with E-state index in [4.69, 9.17) is 0 Å². The number of hydrogen-bond donors (Lipinski definition) is 1. The number of halogens is 1. The van der Waals surface area contributed by atoms with E-state index in [1.54, 1.807) is 18.3 Å². The molecule has 1 aromatic carbocycles. The van der Waals surface area contributed by atoms with Gasteiger partial charge >= 0.3 is 0 Å². The molecule has 2 aliphatic carbocycles. The second-order valence-corrected chi connectivity index (χ2v) is 6.82. The van der Waals surface area contributed by atoms with E-state index in [1.165, 1.54) is 18.9 Å². The number of hydrogen-bond acceptors (Lipinski definition) is 3. The number of nitrogens with one attached hydrogen (secondary N) is 1. The van der Waals surface area contributed by atoms with Gasteiger partial charge in [0.1, 0.15) is 5.82 Å². The molecule has 4 heteroatoms. The molecule has 1 aliphatic heterocycles. The summed E-state index contributed by atoms with van der Waals surface area (Å²) in [7, 11) is 0. The van der Waals surface area contributed by atoms with Crippen molar-refractivity contribution in [2.45, 2.75) is 56.5 Å². The van der Waals surface area contributed by atoms with Gasteiger partial charge < -0.3 is 5.32 Å². The molecule has 3 aliphatic rings. The van der Waals surface area contributed by atoms with E-state index in [0.29, 0.717) is 30.0 Å². The number of benzene rings is 1. The van der Waals surface area contributed by atoms with E-state index in [1.807, 2.05) is 6.07 Å². The molecule has 1 N–H and O–H groups in total. The Balaban J connectivity index is 1.64. The minimum Gasteiger partial charge on any atom is -0.383 e. The number of aliphatic imine (C=N–C) groups is 1. The molecule has 3 atom stereocenters. The van der Waals surface area contributed by atoms with Crippen molar-refractivity contribution in [2.24, 2.45) is 4.99 Å². The third kappa shape index (κ3) is 2.71. The van der Waals surface area contributed by atoms with Gasteiger partial charge in [-0.05, 0) is 36.8 Å². The van der Waals surface area contributed by atoms with Crippen LogP contribution in [-0.2, 0) is 4.79 Å². The smallest absolute Gasteiger partial charge is 0.166 e. The van der Waals surface area contributed by atoms with Crippen molar-refractivity contribution < 1.29 is 9.18 Å². The van der Waals surface area contributed by atoms with E-state index in [2.05, 4.69) is 10.3 Å². The van der Waals surface area contributed by atoms with Crippen LogP contribution in [0.5, 0.6) is 0 Å². The Kier molecular flexibility index (Phi) is 3.76. The molecule has 23 heavy (non-hydrogen) atoms. The van der Waals surface area contributed by atoms with Crippen LogP contribution >= 0.6 is 0 Å². The topological polar surface area (TPSA) is 41.5 Å². The highest BCUT2D eigenvalue weighted by Crippen LogP contribution is 2.36. The Morgan fingerprint density at radius 1 is 1.13 bits per heavy atom. The lowest BCUT2D eigenvalue weighted by atomic mass is 9.81. The molecular formula is C19H21FN2O. The number of Topliss-reactive ketones (excluding diaryl/α,β-unsaturated/α-hetero) is 1. The third-order valence-electron chi connectivity index (χ3n) is 5.34. The Hall–Kier alpha value is -1.97. The van der Waals surface area contributed by atoms with Crippen molar-refractivity contribution in [3.05, 3.63) is 46.9 Å². The SMILES string of the molecule is O=C1CC(c2ccccc2F)CC2=C1C=NC1CCCCC1N2. The predicted octanol–water partition coefficient (Wildman–Crippen LogP) is 3.51. The summed E-state index contributed by atoms with van der Waals surface area (Å²) in [6, 6.07) is 7.40. The van der Waals surface area contributed by atoms with E-state index in [0.717, 1.165) is 18.5 Å². The van der Waals surface area contributed by atoms with Crippen LogP contribution in [0.15, 0.2) is 40.5 Å². The first-order valence-corrected chi connectivity index (χ1v) is 8.53. The van der Waals surface area contributed by atoms with E-state index in [-0.39, 0.29) is 23.6 Å². The standard InChI is InChI=1S/C19H21FN2O/c20-15-6-2-1-5-13(15)12-9-18-14(19(23)10-12)11-21-16-7-3-4-8-17(16)22-18/h1-2,5-6,11-12,16-17,22H,3-4,7-10H2. The molecule has 0 amide bonds. The lowest BCUT2D eigenvalue weighted by Gasteiger charge is -2.32. The van der Waals surface area contributed by atoms with E-state index in [9.17, 15) is 9.18 Å². The fourth-order valence-electron chi connectivity index (χ4n) is 4.10. The maximum atomic E-state index is 14.1. The van der Waals surface area contributed by atoms with Crippen molar-refractivity contribution in [1.82, 2.24) is 5.32 Å². The van der Waals surface area contributed by atoms with Gasteiger partial charge in [0.15, 0.2) is 5.78 Å². The van der Waals surface area contributed by atoms with Gasteiger partial charge in [-0.15, -0.1) is 0 Å². The van der Waals surface area contributed by atoms with Crippen molar-refractivity contribution in [3.63, 3.8) is 0 Å². The fraction of sp³-hybridized carbons (Fsp3) is 0.474. The molecule has 1 saturated carbocycles. The highest BCUT2D eigenvalue weighted by atomic mass is 19.1. The minimum absolute atomic E-state index is 0.0781. The summed E-state index contributed by atoms with van der Waals surface area (Å²) >= 11 is 0. The van der Waals surface area contributed by atoms with Gasteiger partial charge in [-0.25, -0.2) is 4.39 Å². The van der Waals surface area contributed by atoms with Crippen molar-refractivity contribution in [1.29, 1.82) is 0 Å². The molecular weight excluding hydrogens is 291 g/mol. The van der Waals surface area contributed by atoms with Crippen LogP contribution < -0.4 is 5.32 Å². The molecule has 0 radical (unpaired) electrons. The van der Waals surface area contributed by atoms with Gasteiger partial charge in [-0.2, -0.15) is 0 Å². The number of nitrogens with zero attached hydrogens (tertiary/aromatic N) is 1. The van der Waals surface area contributed by atoms with Crippen molar-refractivity contribution >= 4 is 12.0 Å². The van der Waals surface area contributed by atoms with Crippen LogP contribution in [-0.4, -0.2) is 24.1 Å². The first-order valence-electron chi connectivity index (χ1n) is 8.53. The van der Waals surface area contributed by atoms with Crippen LogP contribution in [0.4, 0.5) is 4.39 Å². The second kappa shape index (κ2) is 5.91. The van der Waals surface area contributed by atoms with Crippen LogP contribution in [0.25, 0.3) is 0 Å². The van der Waals surface area contributed by atoms with E-state index < -0.39 is 0 Å². The van der Waals surface area contributed by atoms with Gasteiger partial charge in [0.2, 0.25) is 0 Å². The molecule has 1 heterocycles. The zero-order valence-corrected chi connectivity index (χ0v) is 13.1. The largest absolute Gasteiger partial charge is 0.383 e. The second-order valence-electron chi connectivity index (χ2n) is 6.82. The number of rotatable bonds is 1. The quantitative estimate of drug-likeness (QED) is 0.862. The number of carbonyl (C=O) groups is 1. The normalized spacial score (nSPS) is 30.3. The van der Waals surface area contributed by atoms with Crippen LogP contribution in [0, 0.1) is 5.82 Å². The molecule has 0 spiro atoms. The van der Waals surface area contributed by atoms with Crippen LogP contribution in [0.2, 0.25) is 0 Å². The molecule has 1 aromatic rings. The summed E-state index contributed by atoms with van der Waals surface area (Å²) < 4.78 is 14.1. The molecule has 0 saturated heterocycles. The first-order chi connectivity index (χ1) is 11.2. The number of carbonyl (C=O) groups excluding carboxylic acids is 1. The number of fused-ring (bicyclic) bond motifs is 1. The molecule has 120 valence electrons. The van der Waals surface area contributed by atoms with Gasteiger partial charge in [0.25, 0.3) is 0 Å². The third-order valence-corrected chi connectivity index (χ3v) is 5.34. The summed E-state index contributed by atoms with van der Waals surface area (Å²) in [5.41, 5.74) is 2.33. The van der Waals surface area contributed by atoms with Gasteiger partial charge in [0, 0.05) is 24.4 Å². The minimum atomic E-state index is -0.216.